The molecule has 0 aromatic carbocycles. The zero-order valence-corrected chi connectivity index (χ0v) is 16.5. The van der Waals surface area contributed by atoms with Crippen LogP contribution in [-0.4, -0.2) is 50.7 Å². The molecule has 10 heteroatoms. The first-order valence-electron chi connectivity index (χ1n) is 8.97. The normalized spacial score (nSPS) is 21.0. The van der Waals surface area contributed by atoms with E-state index in [0.29, 0.717) is 23.4 Å². The second kappa shape index (κ2) is 9.16. The minimum Gasteiger partial charge on any atom is -0.376 e. The summed E-state index contributed by atoms with van der Waals surface area (Å²) in [6, 6.07) is 0. The van der Waals surface area contributed by atoms with Crippen LogP contribution in [0.15, 0.2) is 9.68 Å². The topological polar surface area (TPSA) is 90.9 Å². The van der Waals surface area contributed by atoms with Gasteiger partial charge in [0.25, 0.3) is 0 Å². The van der Waals surface area contributed by atoms with E-state index in [-0.39, 0.29) is 18.5 Å². The summed E-state index contributed by atoms with van der Waals surface area (Å²) in [4.78, 5) is 4.27. The number of aryl methyl sites for hydroxylation is 1. The number of thioether (sulfide) groups is 1. The Labute approximate surface area is 163 Å². The lowest BCUT2D eigenvalue weighted by Gasteiger charge is -2.23. The van der Waals surface area contributed by atoms with E-state index in [0.717, 1.165) is 62.9 Å². The molecule has 1 unspecified atom stereocenters. The summed E-state index contributed by atoms with van der Waals surface area (Å²) in [5.74, 6) is 3.46. The maximum Gasteiger partial charge on any atom is 0.237 e. The number of nitrogens with zero attached hydrogens (tertiary/aromatic N) is 5. The predicted octanol–water partition coefficient (Wildman–Crippen LogP) is 2.33. The number of nitrogens with one attached hydrogen (secondary N) is 1. The molecular weight excluding hydrogens is 376 g/mol. The molecule has 2 fully saturated rings. The van der Waals surface area contributed by atoms with Crippen LogP contribution in [0, 0.1) is 6.92 Å². The number of piperidine rings is 1. The highest BCUT2D eigenvalue weighted by molar-refractivity contribution is 7.98. The van der Waals surface area contributed by atoms with Gasteiger partial charge in [0.15, 0.2) is 11.0 Å². The first-order chi connectivity index (χ1) is 12.3. The fraction of sp³-hybridized carbons (Fsp3) is 0.750. The van der Waals surface area contributed by atoms with Gasteiger partial charge in [-0.25, -0.2) is 0 Å². The Hall–Kier alpha value is -1.16. The number of hydrogen-bond acceptors (Lipinski definition) is 8. The third-order valence-corrected chi connectivity index (χ3v) is 5.71. The molecule has 2 saturated heterocycles. The summed E-state index contributed by atoms with van der Waals surface area (Å²) in [7, 11) is 0. The van der Waals surface area contributed by atoms with Crippen LogP contribution in [-0.2, 0) is 17.0 Å². The summed E-state index contributed by atoms with van der Waals surface area (Å²) >= 11 is 1.60. The van der Waals surface area contributed by atoms with Gasteiger partial charge in [-0.1, -0.05) is 16.9 Å². The Morgan fingerprint density at radius 1 is 1.23 bits per heavy atom. The molecule has 26 heavy (non-hydrogen) atoms. The summed E-state index contributed by atoms with van der Waals surface area (Å²) in [5, 5.41) is 17.2. The van der Waals surface area contributed by atoms with Crippen LogP contribution < -0.4 is 5.32 Å². The van der Waals surface area contributed by atoms with Crippen molar-refractivity contribution in [2.45, 2.75) is 62.1 Å². The van der Waals surface area contributed by atoms with Crippen molar-refractivity contribution < 1.29 is 9.26 Å². The molecule has 144 valence electrons. The Morgan fingerprint density at radius 3 is 2.77 bits per heavy atom. The van der Waals surface area contributed by atoms with Crippen molar-refractivity contribution in [1.82, 2.24) is 30.2 Å². The third kappa shape index (κ3) is 4.57. The van der Waals surface area contributed by atoms with Crippen LogP contribution in [0.5, 0.6) is 0 Å². The monoisotopic (exact) mass is 400 g/mol. The van der Waals surface area contributed by atoms with Crippen molar-refractivity contribution in [3.05, 3.63) is 17.5 Å². The lowest BCUT2D eigenvalue weighted by atomic mass is 9.97. The molecule has 0 saturated carbocycles. The molecule has 2 aliphatic heterocycles. The van der Waals surface area contributed by atoms with E-state index in [9.17, 15) is 0 Å². The standard InChI is InChI=1S/C16H24N6O2S.ClH/c1-11-18-14(24-21-11)10-25-16-20-19-15(12-4-6-17-7-5-12)22(16)9-13-3-2-8-23-13;/h12-13,17H,2-10H2,1H3;1H. The highest BCUT2D eigenvalue weighted by Crippen LogP contribution is 2.30. The lowest BCUT2D eigenvalue weighted by Crippen LogP contribution is -2.29. The van der Waals surface area contributed by atoms with Gasteiger partial charge in [-0.05, 0) is 45.7 Å². The van der Waals surface area contributed by atoms with Crippen LogP contribution >= 0.6 is 24.2 Å². The zero-order chi connectivity index (χ0) is 17.1. The fourth-order valence-corrected chi connectivity index (χ4v) is 4.27. The van der Waals surface area contributed by atoms with E-state index in [1.165, 1.54) is 0 Å². The Kier molecular flexibility index (Phi) is 6.91. The lowest BCUT2D eigenvalue weighted by molar-refractivity contribution is 0.0936. The Bertz CT molecular complexity index is 697. The van der Waals surface area contributed by atoms with Gasteiger partial charge in [0.2, 0.25) is 5.89 Å². The van der Waals surface area contributed by atoms with E-state index in [1.54, 1.807) is 11.8 Å². The van der Waals surface area contributed by atoms with Crippen LogP contribution in [0.4, 0.5) is 0 Å². The molecule has 4 heterocycles. The second-order valence-corrected chi connectivity index (χ2v) is 7.58. The average Bonchev–Trinajstić information content (AvgIpc) is 3.36. The van der Waals surface area contributed by atoms with Crippen molar-refractivity contribution in [2.24, 2.45) is 0 Å². The SMILES string of the molecule is Cc1noc(CSc2nnc(C3CCNCC3)n2CC2CCCO2)n1.Cl. The van der Waals surface area contributed by atoms with Gasteiger partial charge in [-0.15, -0.1) is 22.6 Å². The fourth-order valence-electron chi connectivity index (χ4n) is 3.48. The predicted molar refractivity (Wildman–Crippen MR) is 99.7 cm³/mol. The first-order valence-corrected chi connectivity index (χ1v) is 9.95. The molecule has 0 spiro atoms. The molecule has 1 atom stereocenters. The smallest absolute Gasteiger partial charge is 0.237 e. The zero-order valence-electron chi connectivity index (χ0n) is 14.9. The van der Waals surface area contributed by atoms with Gasteiger partial charge in [-0.3, -0.25) is 0 Å². The molecule has 2 aromatic rings. The number of hydrogen-bond donors (Lipinski definition) is 1. The summed E-state index contributed by atoms with van der Waals surface area (Å²) in [5.41, 5.74) is 0. The Morgan fingerprint density at radius 2 is 2.08 bits per heavy atom. The average molecular weight is 401 g/mol. The van der Waals surface area contributed by atoms with Crippen molar-refractivity contribution in [2.75, 3.05) is 19.7 Å². The molecule has 0 aliphatic carbocycles. The van der Waals surface area contributed by atoms with Crippen molar-refractivity contribution >= 4 is 24.2 Å². The molecule has 1 N–H and O–H groups in total. The largest absolute Gasteiger partial charge is 0.376 e. The first kappa shape index (κ1) is 19.6. The molecule has 4 rings (SSSR count). The van der Waals surface area contributed by atoms with Crippen LogP contribution in [0.2, 0.25) is 0 Å². The molecule has 8 nitrogen and oxygen atoms in total. The summed E-state index contributed by atoms with van der Waals surface area (Å²) in [6.07, 6.45) is 4.73. The number of ether oxygens (including phenoxy) is 1. The van der Waals surface area contributed by atoms with Crippen molar-refractivity contribution in [3.63, 3.8) is 0 Å². The van der Waals surface area contributed by atoms with Crippen molar-refractivity contribution in [3.8, 4) is 0 Å². The maximum absolute atomic E-state index is 5.85. The van der Waals surface area contributed by atoms with Crippen molar-refractivity contribution in [1.29, 1.82) is 0 Å². The van der Waals surface area contributed by atoms with E-state index >= 15 is 0 Å². The Balaban J connectivity index is 0.00000196. The highest BCUT2D eigenvalue weighted by atomic mass is 35.5. The van der Waals surface area contributed by atoms with Gasteiger partial charge < -0.3 is 19.1 Å². The van der Waals surface area contributed by atoms with E-state index < -0.39 is 0 Å². The van der Waals surface area contributed by atoms with Crippen LogP contribution in [0.1, 0.15) is 49.1 Å². The van der Waals surface area contributed by atoms with Gasteiger partial charge in [0, 0.05) is 12.5 Å². The number of rotatable bonds is 6. The molecule has 0 amide bonds. The molecule has 0 radical (unpaired) electrons. The van der Waals surface area contributed by atoms with Gasteiger partial charge in [0.05, 0.1) is 18.4 Å². The molecule has 2 aromatic heterocycles. The number of halogens is 1. The van der Waals surface area contributed by atoms with E-state index in [1.807, 2.05) is 6.92 Å². The highest BCUT2D eigenvalue weighted by Gasteiger charge is 2.26. The van der Waals surface area contributed by atoms with Gasteiger partial charge >= 0.3 is 0 Å². The molecular formula is C16H25ClN6O2S. The minimum atomic E-state index is 0. The number of aromatic nitrogens is 5. The quantitative estimate of drug-likeness (QED) is 0.739. The summed E-state index contributed by atoms with van der Waals surface area (Å²) in [6.45, 7) is 5.60. The molecule has 0 bridgehead atoms. The maximum atomic E-state index is 5.85. The van der Waals surface area contributed by atoms with E-state index in [2.05, 4.69) is 30.2 Å². The summed E-state index contributed by atoms with van der Waals surface area (Å²) < 4.78 is 13.3. The second-order valence-electron chi connectivity index (χ2n) is 6.63. The van der Waals surface area contributed by atoms with Crippen LogP contribution in [0.25, 0.3) is 0 Å². The molecule has 2 aliphatic rings. The third-order valence-electron chi connectivity index (χ3n) is 4.75. The van der Waals surface area contributed by atoms with E-state index in [4.69, 9.17) is 9.26 Å². The minimum absolute atomic E-state index is 0. The van der Waals surface area contributed by atoms with Crippen LogP contribution in [0.3, 0.4) is 0 Å². The van der Waals surface area contributed by atoms with Gasteiger partial charge in [0.1, 0.15) is 5.82 Å². The van der Waals surface area contributed by atoms with Gasteiger partial charge in [-0.2, -0.15) is 4.98 Å².